The Hall–Kier alpha value is -1.95. The number of hydrogen-bond acceptors (Lipinski definition) is 4. The summed E-state index contributed by atoms with van der Waals surface area (Å²) >= 11 is 0. The molecule has 2 aliphatic rings. The summed E-state index contributed by atoms with van der Waals surface area (Å²) in [6.45, 7) is 5.70. The highest BCUT2D eigenvalue weighted by Crippen LogP contribution is 2.40. The zero-order valence-corrected chi connectivity index (χ0v) is 15.0. The minimum Gasteiger partial charge on any atom is -0.396 e. The third kappa shape index (κ3) is 3.03. The van der Waals surface area contributed by atoms with E-state index in [-0.39, 0.29) is 24.5 Å². The summed E-state index contributed by atoms with van der Waals surface area (Å²) in [6, 6.07) is 2.19. The summed E-state index contributed by atoms with van der Waals surface area (Å²) in [7, 11) is 0. The first-order valence-corrected chi connectivity index (χ1v) is 9.36. The maximum Gasteiger partial charge on any atom is 0.254 e. The van der Waals surface area contributed by atoms with E-state index in [0.717, 1.165) is 54.5 Å². The molecule has 1 aliphatic heterocycles. The molecule has 4 rings (SSSR count). The summed E-state index contributed by atoms with van der Waals surface area (Å²) in [5.41, 5.74) is 2.56. The molecule has 1 amide bonds. The highest BCUT2D eigenvalue weighted by Gasteiger charge is 2.30. The molecule has 6 nitrogen and oxygen atoms in total. The van der Waals surface area contributed by atoms with Crippen LogP contribution in [0.2, 0.25) is 0 Å². The number of aliphatic hydroxyl groups excluding tert-OH is 1. The van der Waals surface area contributed by atoms with Crippen LogP contribution in [-0.4, -0.2) is 50.4 Å². The minimum atomic E-state index is 0.0516. The Balaban J connectivity index is 1.76. The van der Waals surface area contributed by atoms with Crippen molar-refractivity contribution in [2.75, 3.05) is 19.7 Å². The second-order valence-corrected chi connectivity index (χ2v) is 7.73. The van der Waals surface area contributed by atoms with Crippen LogP contribution in [0, 0.1) is 5.92 Å². The molecule has 2 aromatic heterocycles. The van der Waals surface area contributed by atoms with E-state index in [9.17, 15) is 9.90 Å². The molecular formula is C19H26N4O2. The van der Waals surface area contributed by atoms with E-state index in [0.29, 0.717) is 12.5 Å². The fourth-order valence-electron chi connectivity index (χ4n) is 3.75. The number of aliphatic hydroxyl groups is 1. The van der Waals surface area contributed by atoms with E-state index in [1.165, 1.54) is 0 Å². The summed E-state index contributed by atoms with van der Waals surface area (Å²) in [6.07, 6.45) is 6.02. The molecule has 0 bridgehead atoms. The standard InChI is InChI=1S/C19H26N4O2/c1-12(2)23-18-16(9-20-23)15(8-17(21-18)14-5-6-14)19(25)22-7-3-4-13(10-22)11-24/h8-9,12-14,24H,3-7,10-11H2,1-2H3. The quantitative estimate of drug-likeness (QED) is 0.927. The number of amides is 1. The van der Waals surface area contributed by atoms with Crippen LogP contribution >= 0.6 is 0 Å². The van der Waals surface area contributed by atoms with Crippen molar-refractivity contribution in [2.24, 2.45) is 5.92 Å². The molecule has 1 aliphatic carbocycles. The minimum absolute atomic E-state index is 0.0516. The van der Waals surface area contributed by atoms with Crippen molar-refractivity contribution in [2.45, 2.75) is 51.5 Å². The van der Waals surface area contributed by atoms with Crippen molar-refractivity contribution >= 4 is 16.9 Å². The number of hydrogen-bond donors (Lipinski definition) is 1. The number of nitrogens with zero attached hydrogens (tertiary/aromatic N) is 4. The first kappa shape index (κ1) is 16.5. The summed E-state index contributed by atoms with van der Waals surface area (Å²) in [4.78, 5) is 19.9. The molecule has 0 aromatic carbocycles. The average molecular weight is 342 g/mol. The van der Waals surface area contributed by atoms with Gasteiger partial charge in [0.2, 0.25) is 0 Å². The monoisotopic (exact) mass is 342 g/mol. The fourth-order valence-corrected chi connectivity index (χ4v) is 3.75. The molecule has 1 N–H and O–H groups in total. The van der Waals surface area contributed by atoms with E-state index < -0.39 is 0 Å². The number of fused-ring (bicyclic) bond motifs is 1. The van der Waals surface area contributed by atoms with Gasteiger partial charge >= 0.3 is 0 Å². The normalized spacial score (nSPS) is 21.3. The van der Waals surface area contributed by atoms with Crippen LogP contribution in [0.1, 0.15) is 67.5 Å². The second-order valence-electron chi connectivity index (χ2n) is 7.73. The van der Waals surface area contributed by atoms with Crippen molar-refractivity contribution in [1.82, 2.24) is 19.7 Å². The Morgan fingerprint density at radius 3 is 2.84 bits per heavy atom. The number of piperidine rings is 1. The van der Waals surface area contributed by atoms with Crippen LogP contribution in [0.3, 0.4) is 0 Å². The van der Waals surface area contributed by atoms with Gasteiger partial charge in [-0.2, -0.15) is 5.10 Å². The van der Waals surface area contributed by atoms with E-state index in [1.54, 1.807) is 6.20 Å². The highest BCUT2D eigenvalue weighted by atomic mass is 16.3. The van der Waals surface area contributed by atoms with Gasteiger partial charge in [-0.05, 0) is 51.5 Å². The molecule has 3 heterocycles. The summed E-state index contributed by atoms with van der Waals surface area (Å²) in [5.74, 6) is 0.727. The van der Waals surface area contributed by atoms with Gasteiger partial charge in [0.15, 0.2) is 5.65 Å². The van der Waals surface area contributed by atoms with Gasteiger partial charge in [0.25, 0.3) is 5.91 Å². The number of carbonyl (C=O) groups excluding carboxylic acids is 1. The van der Waals surface area contributed by atoms with Gasteiger partial charge in [-0.3, -0.25) is 4.79 Å². The van der Waals surface area contributed by atoms with Crippen molar-refractivity contribution in [3.05, 3.63) is 23.5 Å². The van der Waals surface area contributed by atoms with Crippen molar-refractivity contribution in [1.29, 1.82) is 0 Å². The van der Waals surface area contributed by atoms with Gasteiger partial charge in [0, 0.05) is 37.4 Å². The van der Waals surface area contributed by atoms with E-state index >= 15 is 0 Å². The van der Waals surface area contributed by atoms with Gasteiger partial charge in [0.1, 0.15) is 0 Å². The maximum atomic E-state index is 13.2. The first-order chi connectivity index (χ1) is 12.1. The Labute approximate surface area is 147 Å². The zero-order valence-electron chi connectivity index (χ0n) is 15.0. The smallest absolute Gasteiger partial charge is 0.254 e. The number of rotatable bonds is 4. The van der Waals surface area contributed by atoms with Crippen LogP contribution in [0.5, 0.6) is 0 Å². The lowest BCUT2D eigenvalue weighted by molar-refractivity contribution is 0.0622. The lowest BCUT2D eigenvalue weighted by Crippen LogP contribution is -2.41. The third-order valence-corrected chi connectivity index (χ3v) is 5.37. The third-order valence-electron chi connectivity index (χ3n) is 5.37. The molecular weight excluding hydrogens is 316 g/mol. The van der Waals surface area contributed by atoms with Crippen molar-refractivity contribution in [3.8, 4) is 0 Å². The Kier molecular flexibility index (Phi) is 4.23. The van der Waals surface area contributed by atoms with Crippen LogP contribution in [0.25, 0.3) is 11.0 Å². The average Bonchev–Trinajstić information content (AvgIpc) is 3.39. The summed E-state index contributed by atoms with van der Waals surface area (Å²) < 4.78 is 1.91. The molecule has 25 heavy (non-hydrogen) atoms. The van der Waals surface area contributed by atoms with Crippen molar-refractivity contribution < 1.29 is 9.90 Å². The molecule has 6 heteroatoms. The van der Waals surface area contributed by atoms with Crippen molar-refractivity contribution in [3.63, 3.8) is 0 Å². The van der Waals surface area contributed by atoms with E-state index in [4.69, 9.17) is 4.98 Å². The number of likely N-dealkylation sites (tertiary alicyclic amines) is 1. The molecule has 1 unspecified atom stereocenters. The molecule has 1 saturated carbocycles. The predicted octanol–water partition coefficient (Wildman–Crippen LogP) is 2.73. The fraction of sp³-hybridized carbons (Fsp3) is 0.632. The second kappa shape index (κ2) is 6.41. The number of pyridine rings is 1. The molecule has 0 radical (unpaired) electrons. The van der Waals surface area contributed by atoms with Gasteiger partial charge in [-0.15, -0.1) is 0 Å². The van der Waals surface area contributed by atoms with Gasteiger partial charge in [-0.1, -0.05) is 0 Å². The van der Waals surface area contributed by atoms with Crippen LogP contribution in [0.15, 0.2) is 12.3 Å². The van der Waals surface area contributed by atoms with Gasteiger partial charge < -0.3 is 10.0 Å². The predicted molar refractivity (Wildman–Crippen MR) is 95.6 cm³/mol. The largest absolute Gasteiger partial charge is 0.396 e. The van der Waals surface area contributed by atoms with Crippen LogP contribution in [-0.2, 0) is 0 Å². The topological polar surface area (TPSA) is 71.2 Å². The highest BCUT2D eigenvalue weighted by molar-refractivity contribution is 6.05. The lowest BCUT2D eigenvalue weighted by Gasteiger charge is -2.32. The Bertz CT molecular complexity index is 794. The molecule has 0 spiro atoms. The van der Waals surface area contributed by atoms with Gasteiger partial charge in [0.05, 0.1) is 17.1 Å². The number of aromatic nitrogens is 3. The first-order valence-electron chi connectivity index (χ1n) is 9.36. The molecule has 2 aromatic rings. The van der Waals surface area contributed by atoms with E-state index in [1.807, 2.05) is 15.6 Å². The molecule has 134 valence electrons. The molecule has 2 fully saturated rings. The lowest BCUT2D eigenvalue weighted by atomic mass is 9.98. The van der Waals surface area contributed by atoms with E-state index in [2.05, 4.69) is 18.9 Å². The molecule has 1 atom stereocenters. The number of carbonyl (C=O) groups is 1. The molecule has 1 saturated heterocycles. The Morgan fingerprint density at radius 1 is 1.36 bits per heavy atom. The zero-order chi connectivity index (χ0) is 17.6. The van der Waals surface area contributed by atoms with Crippen LogP contribution in [0.4, 0.5) is 0 Å². The maximum absolute atomic E-state index is 13.2. The van der Waals surface area contributed by atoms with Crippen LogP contribution < -0.4 is 0 Å². The summed E-state index contributed by atoms with van der Waals surface area (Å²) in [5, 5.41) is 14.8. The SMILES string of the molecule is CC(C)n1ncc2c(C(=O)N3CCCC(CO)C3)cc(C3CC3)nc21. The Morgan fingerprint density at radius 2 is 2.16 bits per heavy atom. The van der Waals surface area contributed by atoms with Gasteiger partial charge in [-0.25, -0.2) is 9.67 Å².